The van der Waals surface area contributed by atoms with Gasteiger partial charge in [0.2, 0.25) is 11.8 Å². The van der Waals surface area contributed by atoms with Gasteiger partial charge in [0, 0.05) is 25.4 Å². The van der Waals surface area contributed by atoms with E-state index in [1.54, 1.807) is 12.1 Å². The van der Waals surface area contributed by atoms with Crippen LogP contribution in [0.15, 0.2) is 42.6 Å². The molecule has 2 N–H and O–H groups in total. The Kier molecular flexibility index (Phi) is 5.89. The van der Waals surface area contributed by atoms with E-state index in [1.807, 2.05) is 12.1 Å². The van der Waals surface area contributed by atoms with E-state index in [9.17, 15) is 4.79 Å². The summed E-state index contributed by atoms with van der Waals surface area (Å²) in [5, 5.41) is 0. The topological polar surface area (TPSA) is 68.5 Å². The molecule has 2 aromatic rings. The maximum Gasteiger partial charge on any atom is 0.250 e. The molecule has 1 aliphatic heterocycles. The summed E-state index contributed by atoms with van der Waals surface area (Å²) in [5.74, 6) is 2.24. The molecule has 2 heterocycles. The maximum atomic E-state index is 11.1. The number of amides is 1. The second kappa shape index (κ2) is 8.32. The van der Waals surface area contributed by atoms with E-state index in [2.05, 4.69) is 35.9 Å². The van der Waals surface area contributed by atoms with Gasteiger partial charge in [0.25, 0.3) is 0 Å². The van der Waals surface area contributed by atoms with Crippen LogP contribution in [0.5, 0.6) is 11.6 Å². The predicted molar refractivity (Wildman–Crippen MR) is 102 cm³/mol. The molecule has 3 rings (SSSR count). The third-order valence-corrected chi connectivity index (χ3v) is 5.06. The van der Waals surface area contributed by atoms with Crippen LogP contribution >= 0.6 is 0 Å². The first-order chi connectivity index (χ1) is 12.5. The van der Waals surface area contributed by atoms with Crippen LogP contribution in [-0.2, 0) is 6.54 Å². The molecule has 1 aromatic carbocycles. The molecule has 0 aliphatic carbocycles. The standard InChI is InChI=1S/C21H27N3O2/c1-15(2)18-4-3-11-24(14-18)13-16-5-8-19(9-6-16)26-20-10-7-17(12-23-20)21(22)25/h5-10,12,15,18H,3-4,11,13-14H2,1-2H3,(H2,22,25). The van der Waals surface area contributed by atoms with E-state index < -0.39 is 5.91 Å². The Hall–Kier alpha value is -2.40. The Morgan fingerprint density at radius 3 is 2.65 bits per heavy atom. The van der Waals surface area contributed by atoms with Gasteiger partial charge in [-0.2, -0.15) is 0 Å². The van der Waals surface area contributed by atoms with Gasteiger partial charge in [0.05, 0.1) is 5.56 Å². The molecule has 0 spiro atoms. The fourth-order valence-electron chi connectivity index (χ4n) is 3.41. The molecule has 0 radical (unpaired) electrons. The van der Waals surface area contributed by atoms with Crippen LogP contribution in [0, 0.1) is 11.8 Å². The van der Waals surface area contributed by atoms with Gasteiger partial charge in [0.15, 0.2) is 0 Å². The van der Waals surface area contributed by atoms with Crippen molar-refractivity contribution in [2.75, 3.05) is 13.1 Å². The highest BCUT2D eigenvalue weighted by Crippen LogP contribution is 2.25. The molecule has 1 amide bonds. The molecule has 0 bridgehead atoms. The summed E-state index contributed by atoms with van der Waals surface area (Å²) in [7, 11) is 0. The van der Waals surface area contributed by atoms with Crippen LogP contribution in [0.4, 0.5) is 0 Å². The lowest BCUT2D eigenvalue weighted by molar-refractivity contribution is 0.1000. The minimum absolute atomic E-state index is 0.369. The number of rotatable bonds is 6. The Labute approximate surface area is 155 Å². The van der Waals surface area contributed by atoms with Crippen LogP contribution in [0.1, 0.15) is 42.6 Å². The average Bonchev–Trinajstić information content (AvgIpc) is 2.64. The number of hydrogen-bond acceptors (Lipinski definition) is 4. The number of likely N-dealkylation sites (tertiary alicyclic amines) is 1. The summed E-state index contributed by atoms with van der Waals surface area (Å²) in [6.07, 6.45) is 4.06. The number of hydrogen-bond donors (Lipinski definition) is 1. The van der Waals surface area contributed by atoms with Gasteiger partial charge in [-0.25, -0.2) is 4.98 Å². The molecular formula is C21H27N3O2. The third-order valence-electron chi connectivity index (χ3n) is 5.06. The predicted octanol–water partition coefficient (Wildman–Crippen LogP) is 3.84. The summed E-state index contributed by atoms with van der Waals surface area (Å²) in [5.41, 5.74) is 6.87. The van der Waals surface area contributed by atoms with Gasteiger partial charge in [0.1, 0.15) is 5.75 Å². The Balaban J connectivity index is 1.57. The van der Waals surface area contributed by atoms with Crippen molar-refractivity contribution in [1.29, 1.82) is 0 Å². The van der Waals surface area contributed by atoms with Crippen molar-refractivity contribution in [3.05, 3.63) is 53.7 Å². The normalized spacial score (nSPS) is 18.0. The molecule has 0 saturated carbocycles. The van der Waals surface area contributed by atoms with Crippen LogP contribution < -0.4 is 10.5 Å². The third kappa shape index (κ3) is 4.82. The highest BCUT2D eigenvalue weighted by atomic mass is 16.5. The first-order valence-electron chi connectivity index (χ1n) is 9.26. The number of benzene rings is 1. The second-order valence-corrected chi connectivity index (χ2v) is 7.38. The number of nitrogens with two attached hydrogens (primary N) is 1. The molecule has 1 aliphatic rings. The van der Waals surface area contributed by atoms with Crippen LogP contribution in [0.3, 0.4) is 0 Å². The summed E-state index contributed by atoms with van der Waals surface area (Å²) in [4.78, 5) is 17.7. The number of carbonyl (C=O) groups excluding carboxylic acids is 1. The first kappa shape index (κ1) is 18.4. The molecule has 1 atom stereocenters. The minimum atomic E-state index is -0.495. The molecule has 5 nitrogen and oxygen atoms in total. The van der Waals surface area contributed by atoms with Crippen molar-refractivity contribution in [2.24, 2.45) is 17.6 Å². The lowest BCUT2D eigenvalue weighted by Crippen LogP contribution is -2.36. The number of ether oxygens (including phenoxy) is 1. The first-order valence-corrected chi connectivity index (χ1v) is 9.26. The SMILES string of the molecule is CC(C)C1CCCN(Cc2ccc(Oc3ccc(C(N)=O)cn3)cc2)C1. The Bertz CT molecular complexity index is 726. The van der Waals surface area contributed by atoms with E-state index in [-0.39, 0.29) is 0 Å². The van der Waals surface area contributed by atoms with Crippen molar-refractivity contribution in [2.45, 2.75) is 33.2 Å². The highest BCUT2D eigenvalue weighted by Gasteiger charge is 2.22. The van der Waals surface area contributed by atoms with Crippen LogP contribution in [0.25, 0.3) is 0 Å². The highest BCUT2D eigenvalue weighted by molar-refractivity contribution is 5.92. The van der Waals surface area contributed by atoms with E-state index in [1.165, 1.54) is 37.7 Å². The van der Waals surface area contributed by atoms with Gasteiger partial charge in [-0.05, 0) is 55.0 Å². The summed E-state index contributed by atoms with van der Waals surface area (Å²) in [6.45, 7) is 7.99. The lowest BCUT2D eigenvalue weighted by atomic mass is 9.88. The fourth-order valence-corrected chi connectivity index (χ4v) is 3.41. The van der Waals surface area contributed by atoms with Gasteiger partial charge >= 0.3 is 0 Å². The number of carbonyl (C=O) groups is 1. The van der Waals surface area contributed by atoms with E-state index in [0.29, 0.717) is 11.4 Å². The van der Waals surface area contributed by atoms with Crippen LogP contribution in [0.2, 0.25) is 0 Å². The molecule has 1 saturated heterocycles. The quantitative estimate of drug-likeness (QED) is 0.857. The number of piperidine rings is 1. The van der Waals surface area contributed by atoms with Crippen molar-refractivity contribution >= 4 is 5.91 Å². The van der Waals surface area contributed by atoms with E-state index >= 15 is 0 Å². The van der Waals surface area contributed by atoms with Gasteiger partial charge in [-0.15, -0.1) is 0 Å². The van der Waals surface area contributed by atoms with Crippen molar-refractivity contribution in [3.63, 3.8) is 0 Å². The fraction of sp³-hybridized carbons (Fsp3) is 0.429. The van der Waals surface area contributed by atoms with E-state index in [4.69, 9.17) is 10.5 Å². The van der Waals surface area contributed by atoms with Crippen LogP contribution in [-0.4, -0.2) is 28.9 Å². The Morgan fingerprint density at radius 2 is 2.04 bits per heavy atom. The number of aromatic nitrogens is 1. The zero-order chi connectivity index (χ0) is 18.5. The molecule has 1 unspecified atom stereocenters. The number of pyridine rings is 1. The van der Waals surface area contributed by atoms with Gasteiger partial charge in [-0.1, -0.05) is 26.0 Å². The van der Waals surface area contributed by atoms with Gasteiger partial charge in [-0.3, -0.25) is 9.69 Å². The largest absolute Gasteiger partial charge is 0.439 e. The molecule has 1 aromatic heterocycles. The lowest BCUT2D eigenvalue weighted by Gasteiger charge is -2.34. The molecule has 5 heteroatoms. The number of nitrogens with zero attached hydrogens (tertiary/aromatic N) is 2. The van der Waals surface area contributed by atoms with Crippen molar-refractivity contribution in [3.8, 4) is 11.6 Å². The second-order valence-electron chi connectivity index (χ2n) is 7.38. The molecular weight excluding hydrogens is 326 g/mol. The molecule has 138 valence electrons. The van der Waals surface area contributed by atoms with Crippen molar-refractivity contribution < 1.29 is 9.53 Å². The molecule has 1 fully saturated rings. The summed E-state index contributed by atoms with van der Waals surface area (Å²) in [6, 6.07) is 11.4. The monoisotopic (exact) mass is 353 g/mol. The summed E-state index contributed by atoms with van der Waals surface area (Å²) < 4.78 is 5.73. The smallest absolute Gasteiger partial charge is 0.250 e. The van der Waals surface area contributed by atoms with E-state index in [0.717, 1.165) is 24.1 Å². The van der Waals surface area contributed by atoms with Gasteiger partial charge < -0.3 is 10.5 Å². The minimum Gasteiger partial charge on any atom is -0.439 e. The summed E-state index contributed by atoms with van der Waals surface area (Å²) >= 11 is 0. The Morgan fingerprint density at radius 1 is 1.27 bits per heavy atom. The molecule has 26 heavy (non-hydrogen) atoms. The number of primary amides is 1. The van der Waals surface area contributed by atoms with Crippen molar-refractivity contribution in [1.82, 2.24) is 9.88 Å². The zero-order valence-electron chi connectivity index (χ0n) is 15.5. The maximum absolute atomic E-state index is 11.1. The zero-order valence-corrected chi connectivity index (χ0v) is 15.5. The average molecular weight is 353 g/mol.